The lowest BCUT2D eigenvalue weighted by Gasteiger charge is -2.35. The predicted octanol–water partition coefficient (Wildman–Crippen LogP) is 2.77. The maximum absolute atomic E-state index is 12.7. The van der Waals surface area contributed by atoms with Crippen LogP contribution in [0.25, 0.3) is 10.9 Å². The monoisotopic (exact) mass is 525 g/mol. The zero-order valence-electron chi connectivity index (χ0n) is 20.7. The van der Waals surface area contributed by atoms with Crippen LogP contribution in [0.15, 0.2) is 59.5 Å². The number of piperazine rings is 1. The second-order valence-electron chi connectivity index (χ2n) is 8.95. The quantitative estimate of drug-likeness (QED) is 0.344. The molecule has 1 fully saturated rings. The van der Waals surface area contributed by atoms with Gasteiger partial charge in [0.25, 0.3) is 10.0 Å². The molecule has 2 aromatic carbocycles. The van der Waals surface area contributed by atoms with Crippen LogP contribution in [0.3, 0.4) is 0 Å². The van der Waals surface area contributed by atoms with E-state index in [0.29, 0.717) is 56.0 Å². The van der Waals surface area contributed by atoms with Crippen molar-refractivity contribution >= 4 is 44.3 Å². The minimum atomic E-state index is -3.82. The van der Waals surface area contributed by atoms with E-state index in [1.54, 1.807) is 30.3 Å². The van der Waals surface area contributed by atoms with Gasteiger partial charge in [-0.25, -0.2) is 18.2 Å². The molecule has 3 aromatic rings. The van der Waals surface area contributed by atoms with Gasteiger partial charge in [-0.05, 0) is 42.8 Å². The summed E-state index contributed by atoms with van der Waals surface area (Å²) in [6.45, 7) is 5.62. The number of aromatic carboxylic acids is 1. The summed E-state index contributed by atoms with van der Waals surface area (Å²) in [4.78, 5) is 33.1. The highest BCUT2D eigenvalue weighted by Gasteiger charge is 2.22. The number of carbonyl (C=O) groups excluding carboxylic acids is 1. The van der Waals surface area contributed by atoms with Crippen molar-refractivity contribution in [3.63, 3.8) is 0 Å². The van der Waals surface area contributed by atoms with Gasteiger partial charge in [0, 0.05) is 43.8 Å². The highest BCUT2D eigenvalue weighted by molar-refractivity contribution is 7.92. The smallest absolute Gasteiger partial charge is 0.336 e. The Morgan fingerprint density at radius 2 is 1.76 bits per heavy atom. The molecule has 4 rings (SSSR count). The Hall–Kier alpha value is -3.70. The van der Waals surface area contributed by atoms with Crippen LogP contribution in [-0.4, -0.2) is 74.6 Å². The summed E-state index contributed by atoms with van der Waals surface area (Å²) in [7, 11) is -3.82. The molecule has 0 saturated carbocycles. The lowest BCUT2D eigenvalue weighted by molar-refractivity contribution is -0.122. The summed E-state index contributed by atoms with van der Waals surface area (Å²) in [5.41, 5.74) is 0.744. The number of hydrogen-bond donors (Lipinski definition) is 3. The molecule has 0 aliphatic carbocycles. The molecular formula is C26H31N5O5S. The van der Waals surface area contributed by atoms with Crippen molar-refractivity contribution in [2.45, 2.75) is 24.7 Å². The molecule has 0 unspecified atom stereocenters. The molecular weight excluding hydrogens is 494 g/mol. The number of benzene rings is 2. The van der Waals surface area contributed by atoms with Gasteiger partial charge in [0.05, 0.1) is 22.5 Å². The van der Waals surface area contributed by atoms with E-state index < -0.39 is 16.0 Å². The van der Waals surface area contributed by atoms with Crippen molar-refractivity contribution in [2.24, 2.45) is 0 Å². The van der Waals surface area contributed by atoms with Crippen molar-refractivity contribution in [1.82, 2.24) is 15.2 Å². The number of anilines is 2. The number of carbonyl (C=O) groups is 2. The molecule has 37 heavy (non-hydrogen) atoms. The Balaban J connectivity index is 1.49. The number of carboxylic acid groups (broad SMARTS) is 1. The molecule has 1 aromatic heterocycles. The second kappa shape index (κ2) is 11.6. The molecule has 1 saturated heterocycles. The van der Waals surface area contributed by atoms with E-state index in [4.69, 9.17) is 0 Å². The first kappa shape index (κ1) is 26.4. The first-order chi connectivity index (χ1) is 17.8. The number of pyridine rings is 1. The van der Waals surface area contributed by atoms with Crippen LogP contribution < -0.4 is 14.9 Å². The standard InChI is InChI=1S/C26H31N5O5S/c1-2-3-11-27-25(32)18-30-12-14-31(15-13-30)24-17-22(26(33)34)21-16-19(9-10-23(21)28-24)29-37(35,36)20-7-5-4-6-8-20/h4-10,16-17,29H,2-3,11-15,18H2,1H3,(H,27,32)(H,33,34). The fraction of sp³-hybridized carbons (Fsp3) is 0.346. The summed E-state index contributed by atoms with van der Waals surface area (Å²) in [6.07, 6.45) is 1.99. The average molecular weight is 526 g/mol. The second-order valence-corrected chi connectivity index (χ2v) is 10.6. The number of nitrogens with one attached hydrogen (secondary N) is 2. The average Bonchev–Trinajstić information content (AvgIpc) is 2.89. The summed E-state index contributed by atoms with van der Waals surface area (Å²) >= 11 is 0. The number of amides is 1. The maximum Gasteiger partial charge on any atom is 0.336 e. The van der Waals surface area contributed by atoms with E-state index in [1.165, 1.54) is 24.3 Å². The third-order valence-electron chi connectivity index (χ3n) is 6.25. The Labute approximate surface area is 216 Å². The number of rotatable bonds is 10. The van der Waals surface area contributed by atoms with Crippen molar-refractivity contribution in [2.75, 3.05) is 48.9 Å². The number of sulfonamides is 1. The fourth-order valence-corrected chi connectivity index (χ4v) is 5.30. The van der Waals surface area contributed by atoms with E-state index in [2.05, 4.69) is 26.8 Å². The van der Waals surface area contributed by atoms with Crippen LogP contribution in [0.2, 0.25) is 0 Å². The minimum Gasteiger partial charge on any atom is -0.478 e. The molecule has 2 heterocycles. The molecule has 1 amide bonds. The summed E-state index contributed by atoms with van der Waals surface area (Å²) in [5.74, 6) is -0.578. The van der Waals surface area contributed by atoms with Gasteiger partial charge < -0.3 is 15.3 Å². The zero-order chi connectivity index (χ0) is 26.4. The number of nitrogens with zero attached hydrogens (tertiary/aromatic N) is 3. The van der Waals surface area contributed by atoms with Crippen molar-refractivity contribution in [3.8, 4) is 0 Å². The van der Waals surface area contributed by atoms with Gasteiger partial charge in [-0.3, -0.25) is 14.4 Å². The van der Waals surface area contributed by atoms with Gasteiger partial charge in [0.15, 0.2) is 0 Å². The van der Waals surface area contributed by atoms with Gasteiger partial charge in [-0.2, -0.15) is 0 Å². The van der Waals surface area contributed by atoms with Crippen LogP contribution in [0, 0.1) is 0 Å². The molecule has 0 bridgehead atoms. The highest BCUT2D eigenvalue weighted by atomic mass is 32.2. The number of hydrogen-bond acceptors (Lipinski definition) is 7. The predicted molar refractivity (Wildman–Crippen MR) is 143 cm³/mol. The van der Waals surface area contributed by atoms with Gasteiger partial charge in [0.1, 0.15) is 5.82 Å². The minimum absolute atomic E-state index is 0.0117. The van der Waals surface area contributed by atoms with Crippen LogP contribution in [0.5, 0.6) is 0 Å². The Morgan fingerprint density at radius 3 is 2.43 bits per heavy atom. The number of aromatic nitrogens is 1. The van der Waals surface area contributed by atoms with Crippen LogP contribution in [0.4, 0.5) is 11.5 Å². The lowest BCUT2D eigenvalue weighted by atomic mass is 10.1. The lowest BCUT2D eigenvalue weighted by Crippen LogP contribution is -2.49. The molecule has 196 valence electrons. The zero-order valence-corrected chi connectivity index (χ0v) is 21.5. The Morgan fingerprint density at radius 1 is 1.03 bits per heavy atom. The third kappa shape index (κ3) is 6.55. The van der Waals surface area contributed by atoms with Crippen LogP contribution in [0.1, 0.15) is 30.1 Å². The van der Waals surface area contributed by atoms with Crippen LogP contribution in [-0.2, 0) is 14.8 Å². The Kier molecular flexibility index (Phi) is 8.24. The molecule has 10 nitrogen and oxygen atoms in total. The molecule has 1 aliphatic rings. The van der Waals surface area contributed by atoms with Crippen LogP contribution >= 0.6 is 0 Å². The van der Waals surface area contributed by atoms with Crippen molar-refractivity contribution < 1.29 is 23.1 Å². The van der Waals surface area contributed by atoms with E-state index >= 15 is 0 Å². The van der Waals surface area contributed by atoms with Gasteiger partial charge >= 0.3 is 5.97 Å². The maximum atomic E-state index is 12.7. The SMILES string of the molecule is CCCCNC(=O)CN1CCN(c2cc(C(=O)O)c3cc(NS(=O)(=O)c4ccccc4)ccc3n2)CC1. The fourth-order valence-electron chi connectivity index (χ4n) is 4.23. The van der Waals surface area contributed by atoms with E-state index in [9.17, 15) is 23.1 Å². The Bertz CT molecular complexity index is 1370. The molecule has 0 radical (unpaired) electrons. The molecule has 3 N–H and O–H groups in total. The molecule has 1 aliphatic heterocycles. The first-order valence-corrected chi connectivity index (χ1v) is 13.7. The summed E-state index contributed by atoms with van der Waals surface area (Å²) in [6, 6.07) is 14.2. The largest absolute Gasteiger partial charge is 0.478 e. The van der Waals surface area contributed by atoms with Crippen molar-refractivity contribution in [3.05, 3.63) is 60.2 Å². The first-order valence-electron chi connectivity index (χ1n) is 12.3. The third-order valence-corrected chi connectivity index (χ3v) is 7.64. The molecule has 11 heteroatoms. The van der Waals surface area contributed by atoms with Gasteiger partial charge in [-0.15, -0.1) is 0 Å². The van der Waals surface area contributed by atoms with Crippen molar-refractivity contribution in [1.29, 1.82) is 0 Å². The van der Waals surface area contributed by atoms with Gasteiger partial charge in [-0.1, -0.05) is 31.5 Å². The highest BCUT2D eigenvalue weighted by Crippen LogP contribution is 2.28. The number of fused-ring (bicyclic) bond motifs is 1. The number of unbranched alkanes of at least 4 members (excludes halogenated alkanes) is 1. The van der Waals surface area contributed by atoms with E-state index in [-0.39, 0.29) is 22.1 Å². The van der Waals surface area contributed by atoms with E-state index in [0.717, 1.165) is 12.8 Å². The normalized spacial score (nSPS) is 14.5. The topological polar surface area (TPSA) is 132 Å². The number of carboxylic acids is 1. The molecule has 0 spiro atoms. The van der Waals surface area contributed by atoms with E-state index in [1.807, 2.05) is 4.90 Å². The summed E-state index contributed by atoms with van der Waals surface area (Å²) < 4.78 is 27.9. The van der Waals surface area contributed by atoms with Gasteiger partial charge in [0.2, 0.25) is 5.91 Å². The molecule has 0 atom stereocenters. The summed E-state index contributed by atoms with van der Waals surface area (Å²) in [5, 5.41) is 13.2.